The predicted molar refractivity (Wildman–Crippen MR) is 145 cm³/mol. The van der Waals surface area contributed by atoms with Gasteiger partial charge in [0.15, 0.2) is 0 Å². The number of carbonyl (C=O) groups excluding carboxylic acids is 1. The van der Waals surface area contributed by atoms with E-state index in [1.165, 1.54) is 13.2 Å². The van der Waals surface area contributed by atoms with Gasteiger partial charge in [-0.2, -0.15) is 0 Å². The van der Waals surface area contributed by atoms with Crippen LogP contribution in [0.1, 0.15) is 61.3 Å². The average Bonchev–Trinajstić information content (AvgIpc) is 3.39. The number of nitrogens with zero attached hydrogens (tertiary/aromatic N) is 1. The molecule has 1 saturated heterocycles. The second-order valence-corrected chi connectivity index (χ2v) is 9.74. The van der Waals surface area contributed by atoms with E-state index < -0.39 is 6.10 Å². The van der Waals surface area contributed by atoms with Crippen LogP contribution >= 0.6 is 0 Å². The van der Waals surface area contributed by atoms with Crippen molar-refractivity contribution in [1.29, 1.82) is 0 Å². The Labute approximate surface area is 228 Å². The summed E-state index contributed by atoms with van der Waals surface area (Å²) in [6.45, 7) is 3.16. The molecule has 0 N–H and O–H groups in total. The highest BCUT2D eigenvalue weighted by molar-refractivity contribution is 5.71. The molecule has 1 fully saturated rings. The van der Waals surface area contributed by atoms with Crippen molar-refractivity contribution in [2.75, 3.05) is 20.3 Å². The number of rotatable bonds is 8. The molecule has 0 bridgehead atoms. The molecule has 2 aliphatic rings. The fraction of sp³-hybridized carbons (Fsp3) is 0.375. The van der Waals surface area contributed by atoms with Crippen LogP contribution in [0.15, 0.2) is 54.7 Å². The lowest BCUT2D eigenvalue weighted by Gasteiger charge is -2.22. The third-order valence-electron chi connectivity index (χ3n) is 7.26. The number of carbonyl (C=O) groups is 1. The van der Waals surface area contributed by atoms with Gasteiger partial charge in [0.25, 0.3) is 0 Å². The number of halogens is 1. The number of fused-ring (bicyclic) bond motifs is 1. The Hall–Kier alpha value is -3.89. The van der Waals surface area contributed by atoms with E-state index in [-0.39, 0.29) is 30.2 Å². The average molecular weight is 530 g/mol. The number of aromatic nitrogens is 1. The zero-order chi connectivity index (χ0) is 27.2. The molecule has 0 saturated carbocycles. The van der Waals surface area contributed by atoms with Gasteiger partial charge in [0, 0.05) is 36.2 Å². The molecule has 3 aromatic rings. The SMILES string of the molecule is CC#C[C@@H](CC(=O)OC)c1ccc(O[C@@H]2CCc3c(-c4ccc(OC5CCOCC5)nc4)ccc(F)c32)cc1. The van der Waals surface area contributed by atoms with Crippen LogP contribution in [0.2, 0.25) is 0 Å². The fourth-order valence-electron chi connectivity index (χ4n) is 5.25. The third-order valence-corrected chi connectivity index (χ3v) is 7.26. The quantitative estimate of drug-likeness (QED) is 0.256. The highest BCUT2D eigenvalue weighted by Crippen LogP contribution is 2.42. The normalized spacial score (nSPS) is 17.5. The van der Waals surface area contributed by atoms with Gasteiger partial charge in [-0.15, -0.1) is 5.92 Å². The molecular formula is C32H32FNO5. The summed E-state index contributed by atoms with van der Waals surface area (Å²) in [5.74, 6) is 6.33. The highest BCUT2D eigenvalue weighted by atomic mass is 19.1. The third kappa shape index (κ3) is 6.23. The molecule has 6 nitrogen and oxygen atoms in total. The van der Waals surface area contributed by atoms with Crippen LogP contribution in [0.5, 0.6) is 11.6 Å². The van der Waals surface area contributed by atoms with Crippen LogP contribution in [-0.4, -0.2) is 37.4 Å². The summed E-state index contributed by atoms with van der Waals surface area (Å²) in [5, 5.41) is 0. The van der Waals surface area contributed by atoms with E-state index in [9.17, 15) is 4.79 Å². The number of pyridine rings is 1. The Morgan fingerprint density at radius 1 is 1.08 bits per heavy atom. The molecule has 0 spiro atoms. The zero-order valence-electron chi connectivity index (χ0n) is 22.2. The maximum Gasteiger partial charge on any atom is 0.307 e. The second-order valence-electron chi connectivity index (χ2n) is 9.74. The molecule has 1 aliphatic carbocycles. The summed E-state index contributed by atoms with van der Waals surface area (Å²) in [5.41, 5.74) is 4.33. The molecule has 0 amide bonds. The van der Waals surface area contributed by atoms with Crippen LogP contribution in [0.3, 0.4) is 0 Å². The van der Waals surface area contributed by atoms with Crippen molar-refractivity contribution in [3.8, 4) is 34.6 Å². The second kappa shape index (κ2) is 12.3. The summed E-state index contributed by atoms with van der Waals surface area (Å²) in [7, 11) is 1.37. The van der Waals surface area contributed by atoms with Crippen molar-refractivity contribution >= 4 is 5.97 Å². The first-order chi connectivity index (χ1) is 19.1. The number of esters is 1. The lowest BCUT2D eigenvalue weighted by Crippen LogP contribution is -2.26. The Kier molecular flexibility index (Phi) is 8.43. The monoisotopic (exact) mass is 529 g/mol. The van der Waals surface area contributed by atoms with Crippen molar-refractivity contribution in [1.82, 2.24) is 4.98 Å². The predicted octanol–water partition coefficient (Wildman–Crippen LogP) is 6.18. The van der Waals surface area contributed by atoms with Crippen LogP contribution in [-0.2, 0) is 20.7 Å². The highest BCUT2D eigenvalue weighted by Gasteiger charge is 2.30. The van der Waals surface area contributed by atoms with Crippen LogP contribution in [0.4, 0.5) is 4.39 Å². The lowest BCUT2D eigenvalue weighted by atomic mass is 9.96. The van der Waals surface area contributed by atoms with Gasteiger partial charge in [0.05, 0.1) is 32.7 Å². The summed E-state index contributed by atoms with van der Waals surface area (Å²) in [6, 6.07) is 14.7. The molecular weight excluding hydrogens is 497 g/mol. The molecule has 0 unspecified atom stereocenters. The van der Waals surface area contributed by atoms with Gasteiger partial charge in [0.1, 0.15) is 23.8 Å². The smallest absolute Gasteiger partial charge is 0.307 e. The minimum absolute atomic E-state index is 0.123. The Bertz CT molecular complexity index is 1350. The molecule has 1 aromatic heterocycles. The topological polar surface area (TPSA) is 66.9 Å². The molecule has 2 aromatic carbocycles. The summed E-state index contributed by atoms with van der Waals surface area (Å²) in [4.78, 5) is 16.3. The molecule has 5 rings (SSSR count). The van der Waals surface area contributed by atoms with Crippen molar-refractivity contribution < 1.29 is 28.1 Å². The minimum Gasteiger partial charge on any atom is -0.486 e. The number of hydrogen-bond acceptors (Lipinski definition) is 6. The number of methoxy groups -OCH3 is 1. The van der Waals surface area contributed by atoms with Crippen LogP contribution in [0, 0.1) is 17.7 Å². The van der Waals surface area contributed by atoms with Crippen LogP contribution < -0.4 is 9.47 Å². The van der Waals surface area contributed by atoms with Crippen molar-refractivity contribution in [3.63, 3.8) is 0 Å². The lowest BCUT2D eigenvalue weighted by molar-refractivity contribution is -0.140. The molecule has 2 heterocycles. The van der Waals surface area contributed by atoms with Gasteiger partial charge in [-0.05, 0) is 60.7 Å². The van der Waals surface area contributed by atoms with Crippen molar-refractivity contribution in [2.24, 2.45) is 0 Å². The standard InChI is InChI=1S/C32H32FNO5/c1-3-4-22(19-31(35)36-2)21-5-8-24(9-6-21)38-29-13-11-27-26(10-12-28(33)32(27)29)23-7-14-30(34-20-23)39-25-15-17-37-18-16-25/h5-10,12,14,20,22,25,29H,11,13,15-19H2,1-2H3/t22-,29+/m0/s1. The van der Waals surface area contributed by atoms with E-state index in [4.69, 9.17) is 18.9 Å². The van der Waals surface area contributed by atoms with Crippen molar-refractivity contribution in [2.45, 2.75) is 57.2 Å². The molecule has 2 atom stereocenters. The number of benzene rings is 2. The summed E-state index contributed by atoms with van der Waals surface area (Å²) < 4.78 is 37.5. The summed E-state index contributed by atoms with van der Waals surface area (Å²) >= 11 is 0. The Morgan fingerprint density at radius 2 is 1.87 bits per heavy atom. The molecule has 1 aliphatic heterocycles. The van der Waals surface area contributed by atoms with E-state index in [1.54, 1.807) is 13.1 Å². The van der Waals surface area contributed by atoms with Gasteiger partial charge < -0.3 is 18.9 Å². The first-order valence-corrected chi connectivity index (χ1v) is 13.3. The van der Waals surface area contributed by atoms with E-state index >= 15 is 4.39 Å². The largest absolute Gasteiger partial charge is 0.486 e. The maximum absolute atomic E-state index is 15.1. The van der Waals surface area contributed by atoms with Crippen molar-refractivity contribution in [3.05, 3.63) is 77.2 Å². The first-order valence-electron chi connectivity index (χ1n) is 13.3. The van der Waals surface area contributed by atoms with E-state index in [2.05, 4.69) is 16.8 Å². The van der Waals surface area contributed by atoms with Gasteiger partial charge >= 0.3 is 5.97 Å². The summed E-state index contributed by atoms with van der Waals surface area (Å²) in [6.07, 6.45) is 4.81. The molecule has 39 heavy (non-hydrogen) atoms. The first kappa shape index (κ1) is 26.7. The van der Waals surface area contributed by atoms with Gasteiger partial charge in [0.2, 0.25) is 5.88 Å². The molecule has 0 radical (unpaired) electrons. The minimum atomic E-state index is -0.392. The number of ether oxygens (including phenoxy) is 4. The Balaban J connectivity index is 1.31. The van der Waals surface area contributed by atoms with Gasteiger partial charge in [-0.1, -0.05) is 24.1 Å². The van der Waals surface area contributed by atoms with E-state index in [0.29, 0.717) is 43.2 Å². The molecule has 202 valence electrons. The van der Waals surface area contributed by atoms with E-state index in [0.717, 1.165) is 35.1 Å². The van der Waals surface area contributed by atoms with Gasteiger partial charge in [-0.25, -0.2) is 9.37 Å². The van der Waals surface area contributed by atoms with Gasteiger partial charge in [-0.3, -0.25) is 4.79 Å². The Morgan fingerprint density at radius 3 is 2.56 bits per heavy atom. The fourth-order valence-corrected chi connectivity index (χ4v) is 5.25. The number of hydrogen-bond donors (Lipinski definition) is 0. The van der Waals surface area contributed by atoms with E-state index in [1.807, 2.05) is 42.5 Å². The van der Waals surface area contributed by atoms with Crippen LogP contribution in [0.25, 0.3) is 11.1 Å². The zero-order valence-corrected chi connectivity index (χ0v) is 22.2. The maximum atomic E-state index is 15.1. The molecule has 7 heteroatoms.